The quantitative estimate of drug-likeness (QED) is 0.678. The first kappa shape index (κ1) is 9.26. The van der Waals surface area contributed by atoms with Crippen molar-refractivity contribution in [2.45, 2.75) is 26.8 Å². The molecule has 0 atom stereocenters. The molecule has 0 aliphatic heterocycles. The molecule has 0 N–H and O–H groups in total. The van der Waals surface area contributed by atoms with Crippen molar-refractivity contribution in [2.24, 2.45) is 0 Å². The predicted molar refractivity (Wildman–Crippen MR) is 47.5 cm³/mol. The van der Waals surface area contributed by atoms with Crippen molar-refractivity contribution < 1.29 is 4.79 Å². The SMILES string of the molecule is CCCn1ncc(Cl)c1C(C)=O. The average molecular weight is 187 g/mol. The fourth-order valence-electron chi connectivity index (χ4n) is 1.09. The molecule has 0 aromatic carbocycles. The van der Waals surface area contributed by atoms with Crippen LogP contribution in [0.25, 0.3) is 0 Å². The molecule has 66 valence electrons. The number of halogens is 1. The number of ketones is 1. The number of hydrogen-bond acceptors (Lipinski definition) is 2. The van der Waals surface area contributed by atoms with E-state index in [0.717, 1.165) is 13.0 Å². The van der Waals surface area contributed by atoms with E-state index in [-0.39, 0.29) is 5.78 Å². The van der Waals surface area contributed by atoms with Crippen LogP contribution in [-0.4, -0.2) is 15.6 Å². The van der Waals surface area contributed by atoms with Crippen LogP contribution >= 0.6 is 11.6 Å². The summed E-state index contributed by atoms with van der Waals surface area (Å²) in [5.41, 5.74) is 0.513. The molecule has 1 aromatic heterocycles. The molecule has 0 unspecified atom stereocenters. The lowest BCUT2D eigenvalue weighted by Crippen LogP contribution is -2.08. The van der Waals surface area contributed by atoms with Gasteiger partial charge in [-0.15, -0.1) is 0 Å². The van der Waals surface area contributed by atoms with Crippen LogP contribution < -0.4 is 0 Å². The van der Waals surface area contributed by atoms with Gasteiger partial charge in [0.15, 0.2) is 5.78 Å². The lowest BCUT2D eigenvalue weighted by atomic mass is 10.3. The van der Waals surface area contributed by atoms with Crippen molar-refractivity contribution in [3.05, 3.63) is 16.9 Å². The molecule has 12 heavy (non-hydrogen) atoms. The molecule has 0 spiro atoms. The Labute approximate surface area is 76.3 Å². The summed E-state index contributed by atoms with van der Waals surface area (Å²) in [6.07, 6.45) is 2.45. The minimum atomic E-state index is -0.0362. The van der Waals surface area contributed by atoms with Gasteiger partial charge in [0.2, 0.25) is 0 Å². The average Bonchev–Trinajstić information content (AvgIpc) is 2.32. The van der Waals surface area contributed by atoms with Gasteiger partial charge in [-0.25, -0.2) is 0 Å². The van der Waals surface area contributed by atoms with Gasteiger partial charge < -0.3 is 0 Å². The van der Waals surface area contributed by atoms with Crippen LogP contribution in [-0.2, 0) is 6.54 Å². The van der Waals surface area contributed by atoms with E-state index in [4.69, 9.17) is 11.6 Å². The smallest absolute Gasteiger partial charge is 0.179 e. The van der Waals surface area contributed by atoms with Crippen LogP contribution in [0.2, 0.25) is 5.02 Å². The predicted octanol–water partition coefficient (Wildman–Crippen LogP) is 2.15. The van der Waals surface area contributed by atoms with Crippen LogP contribution in [0.3, 0.4) is 0 Å². The third-order valence-electron chi connectivity index (χ3n) is 1.56. The van der Waals surface area contributed by atoms with Crippen molar-refractivity contribution in [3.63, 3.8) is 0 Å². The summed E-state index contributed by atoms with van der Waals surface area (Å²) in [5, 5.41) is 4.43. The molecule has 0 saturated carbocycles. The maximum atomic E-state index is 11.1. The summed E-state index contributed by atoms with van der Waals surface area (Å²) in [6.45, 7) is 4.26. The lowest BCUT2D eigenvalue weighted by Gasteiger charge is -2.01. The van der Waals surface area contributed by atoms with Crippen LogP contribution in [0.15, 0.2) is 6.20 Å². The van der Waals surface area contributed by atoms with Gasteiger partial charge in [-0.2, -0.15) is 5.10 Å². The Morgan fingerprint density at radius 1 is 1.75 bits per heavy atom. The number of rotatable bonds is 3. The van der Waals surface area contributed by atoms with E-state index in [2.05, 4.69) is 5.10 Å². The molecule has 0 amide bonds. The van der Waals surface area contributed by atoms with E-state index >= 15 is 0 Å². The molecular weight excluding hydrogens is 176 g/mol. The van der Waals surface area contributed by atoms with Crippen molar-refractivity contribution in [1.82, 2.24) is 9.78 Å². The summed E-state index contributed by atoms with van der Waals surface area (Å²) >= 11 is 5.77. The van der Waals surface area contributed by atoms with E-state index in [0.29, 0.717) is 10.7 Å². The first-order chi connectivity index (χ1) is 5.66. The van der Waals surface area contributed by atoms with Crippen molar-refractivity contribution in [3.8, 4) is 0 Å². The zero-order valence-corrected chi connectivity index (χ0v) is 7.93. The highest BCUT2D eigenvalue weighted by Gasteiger charge is 2.12. The minimum absolute atomic E-state index is 0.0362. The number of hydrogen-bond donors (Lipinski definition) is 0. The van der Waals surface area contributed by atoms with Gasteiger partial charge in [-0.1, -0.05) is 18.5 Å². The van der Waals surface area contributed by atoms with Gasteiger partial charge >= 0.3 is 0 Å². The van der Waals surface area contributed by atoms with E-state index in [1.807, 2.05) is 6.92 Å². The molecule has 0 aliphatic rings. The number of carbonyl (C=O) groups excluding carboxylic acids is 1. The molecule has 0 saturated heterocycles. The van der Waals surface area contributed by atoms with E-state index < -0.39 is 0 Å². The fourth-order valence-corrected chi connectivity index (χ4v) is 1.37. The first-order valence-electron chi connectivity index (χ1n) is 3.89. The molecule has 1 rings (SSSR count). The van der Waals surface area contributed by atoms with Crippen molar-refractivity contribution in [1.29, 1.82) is 0 Å². The summed E-state index contributed by atoms with van der Waals surface area (Å²) in [7, 11) is 0. The Morgan fingerprint density at radius 3 is 2.92 bits per heavy atom. The third-order valence-corrected chi connectivity index (χ3v) is 1.84. The van der Waals surface area contributed by atoms with Gasteiger partial charge in [0.05, 0.1) is 11.2 Å². The second kappa shape index (κ2) is 3.72. The zero-order valence-electron chi connectivity index (χ0n) is 7.17. The maximum absolute atomic E-state index is 11.1. The van der Waals surface area contributed by atoms with Crippen LogP contribution in [0.4, 0.5) is 0 Å². The zero-order chi connectivity index (χ0) is 9.14. The second-order valence-electron chi connectivity index (χ2n) is 2.62. The molecule has 0 bridgehead atoms. The Bertz CT molecular complexity index is 293. The molecule has 1 heterocycles. The van der Waals surface area contributed by atoms with Crippen LogP contribution in [0.1, 0.15) is 30.8 Å². The highest BCUT2D eigenvalue weighted by atomic mass is 35.5. The topological polar surface area (TPSA) is 34.9 Å². The summed E-state index contributed by atoms with van der Waals surface area (Å²) in [5.74, 6) is -0.0362. The monoisotopic (exact) mass is 186 g/mol. The van der Waals surface area contributed by atoms with E-state index in [1.54, 1.807) is 4.68 Å². The second-order valence-corrected chi connectivity index (χ2v) is 3.03. The number of aryl methyl sites for hydroxylation is 1. The Balaban J connectivity index is 3.04. The van der Waals surface area contributed by atoms with Crippen molar-refractivity contribution in [2.75, 3.05) is 0 Å². The maximum Gasteiger partial charge on any atom is 0.179 e. The number of aromatic nitrogens is 2. The largest absolute Gasteiger partial charge is 0.293 e. The third kappa shape index (κ3) is 1.67. The molecule has 0 radical (unpaired) electrons. The molecule has 0 aliphatic carbocycles. The number of nitrogens with zero attached hydrogens (tertiary/aromatic N) is 2. The van der Waals surface area contributed by atoms with Crippen LogP contribution in [0, 0.1) is 0 Å². The molecule has 3 nitrogen and oxygen atoms in total. The Kier molecular flexibility index (Phi) is 2.87. The summed E-state index contributed by atoms with van der Waals surface area (Å²) < 4.78 is 1.64. The first-order valence-corrected chi connectivity index (χ1v) is 4.26. The van der Waals surface area contributed by atoms with Gasteiger partial charge in [-0.3, -0.25) is 9.48 Å². The summed E-state index contributed by atoms with van der Waals surface area (Å²) in [4.78, 5) is 11.1. The number of carbonyl (C=O) groups is 1. The van der Waals surface area contributed by atoms with Gasteiger partial charge in [0.25, 0.3) is 0 Å². The minimum Gasteiger partial charge on any atom is -0.293 e. The molecule has 1 aromatic rings. The molecule has 0 fully saturated rings. The molecule has 4 heteroatoms. The Morgan fingerprint density at radius 2 is 2.42 bits per heavy atom. The molecular formula is C8H11ClN2O. The van der Waals surface area contributed by atoms with Gasteiger partial charge in [-0.05, 0) is 6.42 Å². The highest BCUT2D eigenvalue weighted by Crippen LogP contribution is 2.15. The number of Topliss-reactive ketones (excluding diaryl/α,β-unsaturated/α-hetero) is 1. The van der Waals surface area contributed by atoms with E-state index in [1.165, 1.54) is 13.1 Å². The lowest BCUT2D eigenvalue weighted by molar-refractivity contribution is 0.100. The van der Waals surface area contributed by atoms with Crippen molar-refractivity contribution >= 4 is 17.4 Å². The normalized spacial score (nSPS) is 10.2. The standard InChI is InChI=1S/C8H11ClN2O/c1-3-4-11-8(6(2)12)7(9)5-10-11/h5H,3-4H2,1-2H3. The Hall–Kier alpha value is -0.830. The van der Waals surface area contributed by atoms with Gasteiger partial charge in [0.1, 0.15) is 5.69 Å². The van der Waals surface area contributed by atoms with Gasteiger partial charge in [0, 0.05) is 13.5 Å². The summed E-state index contributed by atoms with van der Waals surface area (Å²) in [6, 6.07) is 0. The van der Waals surface area contributed by atoms with E-state index in [9.17, 15) is 4.79 Å². The van der Waals surface area contributed by atoms with Crippen LogP contribution in [0.5, 0.6) is 0 Å². The fraction of sp³-hybridized carbons (Fsp3) is 0.500. The highest BCUT2D eigenvalue weighted by molar-refractivity contribution is 6.33.